The van der Waals surface area contributed by atoms with Gasteiger partial charge in [-0.05, 0) is 49.9 Å². The average molecular weight is 251 g/mol. The van der Waals surface area contributed by atoms with E-state index in [2.05, 4.69) is 12.2 Å². The molecule has 1 aromatic carbocycles. The van der Waals surface area contributed by atoms with Gasteiger partial charge >= 0.3 is 0 Å². The second-order valence-corrected chi connectivity index (χ2v) is 4.89. The first-order valence-electron chi connectivity index (χ1n) is 6.90. The molecule has 0 spiro atoms. The average Bonchev–Trinajstić information content (AvgIpc) is 2.40. The van der Waals surface area contributed by atoms with E-state index >= 15 is 0 Å². The second-order valence-electron chi connectivity index (χ2n) is 4.89. The number of nitrogens with one attached hydrogen (secondary N) is 1. The molecule has 0 amide bonds. The highest BCUT2D eigenvalue weighted by molar-refractivity contribution is 5.20. The Balaban J connectivity index is 2.00. The van der Waals surface area contributed by atoms with Crippen molar-refractivity contribution in [1.82, 2.24) is 5.32 Å². The van der Waals surface area contributed by atoms with Gasteiger partial charge in [-0.15, -0.1) is 0 Å². The van der Waals surface area contributed by atoms with Gasteiger partial charge in [0.15, 0.2) is 0 Å². The van der Waals surface area contributed by atoms with E-state index in [1.807, 2.05) is 12.1 Å². The van der Waals surface area contributed by atoms with E-state index in [0.29, 0.717) is 6.10 Å². The van der Waals surface area contributed by atoms with Gasteiger partial charge in [0, 0.05) is 12.6 Å². The molecule has 1 aliphatic rings. The summed E-state index contributed by atoms with van der Waals surface area (Å²) in [7, 11) is 0. The van der Waals surface area contributed by atoms with Gasteiger partial charge in [-0.3, -0.25) is 0 Å². The molecule has 0 bridgehead atoms. The second kappa shape index (κ2) is 6.86. The maximum atomic E-state index is 12.9. The first-order valence-corrected chi connectivity index (χ1v) is 6.90. The summed E-state index contributed by atoms with van der Waals surface area (Å²) >= 11 is 0. The summed E-state index contributed by atoms with van der Waals surface area (Å²) in [5, 5.41) is 3.46. The van der Waals surface area contributed by atoms with Crippen LogP contribution in [-0.4, -0.2) is 19.3 Å². The molecule has 100 valence electrons. The van der Waals surface area contributed by atoms with Gasteiger partial charge in [-0.25, -0.2) is 4.39 Å². The maximum Gasteiger partial charge on any atom is 0.123 e. The molecule has 0 aromatic heterocycles. The SMILES string of the molecule is CCNC(CC1CCCCO1)c1ccc(F)cc1. The quantitative estimate of drug-likeness (QED) is 0.865. The molecule has 0 saturated carbocycles. The van der Waals surface area contributed by atoms with Crippen molar-refractivity contribution in [2.75, 3.05) is 13.2 Å². The van der Waals surface area contributed by atoms with E-state index in [-0.39, 0.29) is 11.9 Å². The molecule has 0 radical (unpaired) electrons. The minimum Gasteiger partial charge on any atom is -0.378 e. The van der Waals surface area contributed by atoms with E-state index in [9.17, 15) is 4.39 Å². The molecule has 1 N–H and O–H groups in total. The lowest BCUT2D eigenvalue weighted by Crippen LogP contribution is -2.28. The molecule has 1 aliphatic heterocycles. The van der Waals surface area contributed by atoms with Gasteiger partial charge < -0.3 is 10.1 Å². The van der Waals surface area contributed by atoms with Crippen LogP contribution in [0.5, 0.6) is 0 Å². The molecule has 2 nitrogen and oxygen atoms in total. The smallest absolute Gasteiger partial charge is 0.123 e. The summed E-state index contributed by atoms with van der Waals surface area (Å²) in [5.74, 6) is -0.178. The maximum absolute atomic E-state index is 12.9. The Bertz CT molecular complexity index is 346. The van der Waals surface area contributed by atoms with E-state index in [1.165, 1.54) is 25.0 Å². The van der Waals surface area contributed by atoms with Crippen LogP contribution in [0.4, 0.5) is 4.39 Å². The molecule has 2 atom stereocenters. The third kappa shape index (κ3) is 3.79. The Labute approximate surface area is 109 Å². The Kier molecular flexibility index (Phi) is 5.14. The van der Waals surface area contributed by atoms with Gasteiger partial charge in [0.25, 0.3) is 0 Å². The highest BCUT2D eigenvalue weighted by atomic mass is 19.1. The third-order valence-corrected chi connectivity index (χ3v) is 3.50. The molecule has 0 aliphatic carbocycles. The Morgan fingerprint density at radius 2 is 2.11 bits per heavy atom. The summed E-state index contributed by atoms with van der Waals surface area (Å²) in [5.41, 5.74) is 1.15. The Hall–Kier alpha value is -0.930. The van der Waals surface area contributed by atoms with Crippen LogP contribution >= 0.6 is 0 Å². The van der Waals surface area contributed by atoms with Gasteiger partial charge in [-0.2, -0.15) is 0 Å². The summed E-state index contributed by atoms with van der Waals surface area (Å²) in [6.07, 6.45) is 4.89. The molecule has 1 saturated heterocycles. The largest absolute Gasteiger partial charge is 0.378 e. The van der Waals surface area contributed by atoms with Gasteiger partial charge in [0.2, 0.25) is 0 Å². The first-order chi connectivity index (χ1) is 8.79. The number of rotatable bonds is 5. The fourth-order valence-corrected chi connectivity index (χ4v) is 2.53. The summed E-state index contributed by atoms with van der Waals surface area (Å²) < 4.78 is 18.7. The fourth-order valence-electron chi connectivity index (χ4n) is 2.53. The van der Waals surface area contributed by atoms with Crippen LogP contribution in [0.2, 0.25) is 0 Å². The summed E-state index contributed by atoms with van der Waals surface area (Å²) in [4.78, 5) is 0. The molecular formula is C15H22FNO. The van der Waals surface area contributed by atoms with Gasteiger partial charge in [0.05, 0.1) is 6.10 Å². The van der Waals surface area contributed by atoms with Crippen molar-refractivity contribution in [2.45, 2.75) is 44.8 Å². The van der Waals surface area contributed by atoms with Crippen LogP contribution in [0.1, 0.15) is 44.2 Å². The third-order valence-electron chi connectivity index (χ3n) is 3.50. The van der Waals surface area contributed by atoms with Crippen LogP contribution in [0.3, 0.4) is 0 Å². The zero-order valence-corrected chi connectivity index (χ0v) is 11.0. The van der Waals surface area contributed by atoms with Crippen LogP contribution in [0, 0.1) is 5.82 Å². The van der Waals surface area contributed by atoms with Crippen molar-refractivity contribution in [3.8, 4) is 0 Å². The minimum absolute atomic E-state index is 0.178. The number of hydrogen-bond acceptors (Lipinski definition) is 2. The van der Waals surface area contributed by atoms with Crippen molar-refractivity contribution in [3.63, 3.8) is 0 Å². The molecular weight excluding hydrogens is 229 g/mol. The van der Waals surface area contributed by atoms with Crippen molar-refractivity contribution < 1.29 is 9.13 Å². The van der Waals surface area contributed by atoms with E-state index in [4.69, 9.17) is 4.74 Å². The number of hydrogen-bond donors (Lipinski definition) is 1. The highest BCUT2D eigenvalue weighted by Crippen LogP contribution is 2.25. The Morgan fingerprint density at radius 3 is 2.72 bits per heavy atom. The van der Waals surface area contributed by atoms with Crippen molar-refractivity contribution in [1.29, 1.82) is 0 Å². The lowest BCUT2D eigenvalue weighted by molar-refractivity contribution is 0.00513. The van der Waals surface area contributed by atoms with E-state index < -0.39 is 0 Å². The molecule has 1 heterocycles. The molecule has 2 rings (SSSR count). The first kappa shape index (κ1) is 13.5. The van der Waals surface area contributed by atoms with Crippen molar-refractivity contribution in [3.05, 3.63) is 35.6 Å². The van der Waals surface area contributed by atoms with Crippen LogP contribution in [0.15, 0.2) is 24.3 Å². The van der Waals surface area contributed by atoms with E-state index in [0.717, 1.165) is 31.6 Å². The van der Waals surface area contributed by atoms with Crippen molar-refractivity contribution in [2.24, 2.45) is 0 Å². The molecule has 18 heavy (non-hydrogen) atoms. The summed E-state index contributed by atoms with van der Waals surface area (Å²) in [6.45, 7) is 3.89. The zero-order chi connectivity index (χ0) is 12.8. The molecule has 2 unspecified atom stereocenters. The number of ether oxygens (including phenoxy) is 1. The lowest BCUT2D eigenvalue weighted by atomic mass is 9.96. The number of halogens is 1. The minimum atomic E-state index is -0.178. The normalized spacial score (nSPS) is 21.8. The lowest BCUT2D eigenvalue weighted by Gasteiger charge is -2.27. The number of benzene rings is 1. The van der Waals surface area contributed by atoms with Crippen LogP contribution in [-0.2, 0) is 4.74 Å². The molecule has 1 aromatic rings. The van der Waals surface area contributed by atoms with Crippen LogP contribution in [0.25, 0.3) is 0 Å². The zero-order valence-electron chi connectivity index (χ0n) is 11.0. The monoisotopic (exact) mass is 251 g/mol. The van der Waals surface area contributed by atoms with Gasteiger partial charge in [-0.1, -0.05) is 19.1 Å². The standard InChI is InChI=1S/C15H22FNO/c1-2-17-15(11-14-5-3-4-10-18-14)12-6-8-13(16)9-7-12/h6-9,14-15,17H,2-5,10-11H2,1H3. The topological polar surface area (TPSA) is 21.3 Å². The van der Waals surface area contributed by atoms with Gasteiger partial charge in [0.1, 0.15) is 5.82 Å². The molecule has 1 fully saturated rings. The predicted octanol–water partition coefficient (Wildman–Crippen LogP) is 3.44. The fraction of sp³-hybridized carbons (Fsp3) is 0.600. The summed E-state index contributed by atoms with van der Waals surface area (Å²) in [6, 6.07) is 7.05. The predicted molar refractivity (Wildman–Crippen MR) is 71.0 cm³/mol. The Morgan fingerprint density at radius 1 is 1.33 bits per heavy atom. The van der Waals surface area contributed by atoms with Crippen molar-refractivity contribution >= 4 is 0 Å². The van der Waals surface area contributed by atoms with E-state index in [1.54, 1.807) is 0 Å². The highest BCUT2D eigenvalue weighted by Gasteiger charge is 2.20. The molecule has 3 heteroatoms. The van der Waals surface area contributed by atoms with Crippen LogP contribution < -0.4 is 5.32 Å².